The van der Waals surface area contributed by atoms with Crippen molar-refractivity contribution in [1.82, 2.24) is 9.38 Å². The van der Waals surface area contributed by atoms with Crippen molar-refractivity contribution in [3.05, 3.63) is 109 Å². The molecule has 0 saturated heterocycles. The molecule has 3 aromatic carbocycles. The highest BCUT2D eigenvalue weighted by molar-refractivity contribution is 6.09. The van der Waals surface area contributed by atoms with Crippen LogP contribution in [0.4, 0.5) is 0 Å². The number of aryl methyl sites for hydroxylation is 1. The predicted octanol–water partition coefficient (Wildman–Crippen LogP) is 7.23. The molecule has 0 aliphatic rings. The van der Waals surface area contributed by atoms with Gasteiger partial charge in [-0.25, -0.2) is 4.98 Å². The highest BCUT2D eigenvalue weighted by Gasteiger charge is 2.25. The zero-order valence-electron chi connectivity index (χ0n) is 16.7. The molecule has 3 heterocycles. The van der Waals surface area contributed by atoms with Crippen molar-refractivity contribution in [2.75, 3.05) is 0 Å². The van der Waals surface area contributed by atoms with Gasteiger partial charge in [0.25, 0.3) is 0 Å². The molecule has 142 valence electrons. The van der Waals surface area contributed by atoms with Crippen LogP contribution < -0.4 is 0 Å². The monoisotopic (exact) mass is 384 g/mol. The number of imidazole rings is 1. The van der Waals surface area contributed by atoms with Gasteiger partial charge in [-0.15, -0.1) is 0 Å². The average Bonchev–Trinajstić information content (AvgIpc) is 3.37. The maximum Gasteiger partial charge on any atom is 0.141 e. The minimum absolute atomic E-state index is 1.03. The zero-order chi connectivity index (χ0) is 20.1. The van der Waals surface area contributed by atoms with Crippen molar-refractivity contribution < 1.29 is 0 Å². The summed E-state index contributed by atoms with van der Waals surface area (Å²) in [6.45, 7) is 2.14. The molecule has 0 spiro atoms. The molecular formula is C28H20N2. The van der Waals surface area contributed by atoms with Gasteiger partial charge in [0, 0.05) is 16.7 Å². The van der Waals surface area contributed by atoms with Gasteiger partial charge in [0.15, 0.2) is 0 Å². The molecule has 30 heavy (non-hydrogen) atoms. The Kier molecular flexibility index (Phi) is 3.72. The molecule has 0 fully saturated rings. The Morgan fingerprint density at radius 3 is 1.70 bits per heavy atom. The third-order valence-corrected chi connectivity index (χ3v) is 5.88. The third kappa shape index (κ3) is 2.40. The van der Waals surface area contributed by atoms with E-state index in [0.29, 0.717) is 0 Å². The highest BCUT2D eigenvalue weighted by Crippen LogP contribution is 2.46. The zero-order valence-corrected chi connectivity index (χ0v) is 16.7. The number of nitrogens with zero attached hydrogens (tertiary/aromatic N) is 2. The fourth-order valence-electron chi connectivity index (χ4n) is 4.52. The Hall–Kier alpha value is -3.91. The van der Waals surface area contributed by atoms with Crippen LogP contribution in [-0.2, 0) is 0 Å². The minimum Gasteiger partial charge on any atom is -0.291 e. The standard InChI is InChI=1S/C28H20N2/c1-19-17-18-23-24(20-11-5-2-6-12-20)25(21-13-7-3-8-14-21)27-26(29-28(19)30(23)27)22-15-9-4-10-16-22/h2-18H,1H3. The van der Waals surface area contributed by atoms with Crippen molar-refractivity contribution in [2.45, 2.75) is 6.92 Å². The molecule has 0 atom stereocenters. The summed E-state index contributed by atoms with van der Waals surface area (Å²) in [5.41, 5.74) is 11.7. The van der Waals surface area contributed by atoms with Crippen LogP contribution in [0.15, 0.2) is 103 Å². The molecule has 0 aliphatic heterocycles. The summed E-state index contributed by atoms with van der Waals surface area (Å²) in [6, 6.07) is 36.3. The number of aromatic nitrogens is 2. The van der Waals surface area contributed by atoms with Crippen LogP contribution in [0, 0.1) is 6.92 Å². The van der Waals surface area contributed by atoms with E-state index in [0.717, 1.165) is 16.9 Å². The summed E-state index contributed by atoms with van der Waals surface area (Å²) < 4.78 is 2.35. The van der Waals surface area contributed by atoms with E-state index in [-0.39, 0.29) is 0 Å². The van der Waals surface area contributed by atoms with Gasteiger partial charge in [-0.3, -0.25) is 4.40 Å². The van der Waals surface area contributed by atoms with E-state index >= 15 is 0 Å². The fourth-order valence-corrected chi connectivity index (χ4v) is 4.52. The number of hydrogen-bond acceptors (Lipinski definition) is 1. The van der Waals surface area contributed by atoms with E-state index in [4.69, 9.17) is 4.98 Å². The Balaban J connectivity index is 1.85. The van der Waals surface area contributed by atoms with E-state index in [9.17, 15) is 0 Å². The summed E-state index contributed by atoms with van der Waals surface area (Å²) in [7, 11) is 0. The largest absolute Gasteiger partial charge is 0.291 e. The molecule has 0 unspecified atom stereocenters. The van der Waals surface area contributed by atoms with Crippen molar-refractivity contribution in [3.63, 3.8) is 0 Å². The molecule has 6 aromatic rings. The second-order valence-electron chi connectivity index (χ2n) is 7.72. The normalized spacial score (nSPS) is 11.5. The second kappa shape index (κ2) is 6.57. The lowest BCUT2D eigenvalue weighted by molar-refractivity contribution is 1.26. The molecule has 0 aliphatic carbocycles. The van der Waals surface area contributed by atoms with Crippen molar-refractivity contribution in [1.29, 1.82) is 0 Å². The molecule has 2 heteroatoms. The molecule has 0 N–H and O–H groups in total. The summed E-state index contributed by atoms with van der Waals surface area (Å²) in [6.07, 6.45) is 0. The van der Waals surface area contributed by atoms with Gasteiger partial charge >= 0.3 is 0 Å². The fraction of sp³-hybridized carbons (Fsp3) is 0.0357. The molecular weight excluding hydrogens is 364 g/mol. The number of hydrogen-bond donors (Lipinski definition) is 0. The van der Waals surface area contributed by atoms with Crippen molar-refractivity contribution >= 4 is 16.7 Å². The van der Waals surface area contributed by atoms with Gasteiger partial charge in [0.05, 0.1) is 16.7 Å². The first-order valence-corrected chi connectivity index (χ1v) is 10.3. The Labute approximate surface area is 175 Å². The Morgan fingerprint density at radius 1 is 0.567 bits per heavy atom. The molecule has 0 radical (unpaired) electrons. The van der Waals surface area contributed by atoms with Gasteiger partial charge in [0.2, 0.25) is 0 Å². The van der Waals surface area contributed by atoms with Crippen LogP contribution in [-0.4, -0.2) is 9.38 Å². The summed E-state index contributed by atoms with van der Waals surface area (Å²) in [5, 5.41) is 0. The maximum absolute atomic E-state index is 5.13. The first-order valence-electron chi connectivity index (χ1n) is 10.3. The van der Waals surface area contributed by atoms with Gasteiger partial charge in [-0.1, -0.05) is 97.1 Å². The molecule has 3 aromatic heterocycles. The van der Waals surface area contributed by atoms with E-state index in [1.807, 2.05) is 0 Å². The van der Waals surface area contributed by atoms with Gasteiger partial charge in [0.1, 0.15) is 5.65 Å². The van der Waals surface area contributed by atoms with Crippen molar-refractivity contribution in [3.8, 4) is 33.5 Å². The Bertz CT molecular complexity index is 1460. The van der Waals surface area contributed by atoms with E-state index in [1.165, 1.54) is 38.9 Å². The molecule has 0 amide bonds. The van der Waals surface area contributed by atoms with Crippen LogP contribution in [0.1, 0.15) is 5.56 Å². The molecule has 0 saturated carbocycles. The van der Waals surface area contributed by atoms with Gasteiger partial charge in [-0.2, -0.15) is 0 Å². The van der Waals surface area contributed by atoms with Gasteiger partial charge in [-0.05, 0) is 29.7 Å². The Morgan fingerprint density at radius 2 is 1.10 bits per heavy atom. The van der Waals surface area contributed by atoms with E-state index in [2.05, 4.69) is 114 Å². The molecule has 0 bridgehead atoms. The number of rotatable bonds is 3. The topological polar surface area (TPSA) is 17.3 Å². The lowest BCUT2D eigenvalue weighted by Gasteiger charge is -2.08. The first kappa shape index (κ1) is 17.0. The van der Waals surface area contributed by atoms with Gasteiger partial charge < -0.3 is 0 Å². The van der Waals surface area contributed by atoms with Crippen LogP contribution in [0.5, 0.6) is 0 Å². The number of pyridine rings is 1. The number of benzene rings is 3. The SMILES string of the molecule is Cc1ccc2c(-c3ccccc3)c(-c3ccccc3)c3c(-c4ccccc4)nc1n23. The lowest BCUT2D eigenvalue weighted by atomic mass is 9.95. The molecule has 6 rings (SSSR count). The average molecular weight is 384 g/mol. The third-order valence-electron chi connectivity index (χ3n) is 5.88. The maximum atomic E-state index is 5.13. The van der Waals surface area contributed by atoms with Crippen molar-refractivity contribution in [2.24, 2.45) is 0 Å². The van der Waals surface area contributed by atoms with E-state index < -0.39 is 0 Å². The second-order valence-corrected chi connectivity index (χ2v) is 7.72. The summed E-state index contributed by atoms with van der Waals surface area (Å²) in [4.78, 5) is 5.13. The summed E-state index contributed by atoms with van der Waals surface area (Å²) in [5.74, 6) is 0. The highest BCUT2D eigenvalue weighted by atomic mass is 15.0. The van der Waals surface area contributed by atoms with Crippen LogP contribution in [0.3, 0.4) is 0 Å². The minimum atomic E-state index is 1.03. The van der Waals surface area contributed by atoms with Crippen LogP contribution in [0.25, 0.3) is 50.2 Å². The summed E-state index contributed by atoms with van der Waals surface area (Å²) >= 11 is 0. The smallest absolute Gasteiger partial charge is 0.141 e. The first-order chi connectivity index (χ1) is 14.8. The van der Waals surface area contributed by atoms with E-state index in [1.54, 1.807) is 0 Å². The lowest BCUT2D eigenvalue weighted by Crippen LogP contribution is -1.88. The van der Waals surface area contributed by atoms with Crippen LogP contribution in [0.2, 0.25) is 0 Å². The van der Waals surface area contributed by atoms with Crippen LogP contribution >= 0.6 is 0 Å². The quantitative estimate of drug-likeness (QED) is 0.314. The molecule has 2 nitrogen and oxygen atoms in total. The predicted molar refractivity (Wildman–Crippen MR) is 125 cm³/mol.